The van der Waals surface area contributed by atoms with Gasteiger partial charge in [-0.25, -0.2) is 0 Å². The van der Waals surface area contributed by atoms with Gasteiger partial charge in [0.2, 0.25) is 0 Å². The van der Waals surface area contributed by atoms with Crippen LogP contribution in [0.3, 0.4) is 0 Å². The van der Waals surface area contributed by atoms with Crippen molar-refractivity contribution in [2.75, 3.05) is 6.54 Å². The van der Waals surface area contributed by atoms with Gasteiger partial charge in [-0.2, -0.15) is 0 Å². The van der Waals surface area contributed by atoms with E-state index >= 15 is 0 Å². The Bertz CT molecular complexity index is 544. The molecule has 0 spiro atoms. The van der Waals surface area contributed by atoms with E-state index in [2.05, 4.69) is 16.0 Å². The Morgan fingerprint density at radius 1 is 1.14 bits per heavy atom. The highest BCUT2D eigenvalue weighted by atomic mass is 16.3. The summed E-state index contributed by atoms with van der Waals surface area (Å²) in [5.74, 6) is 0. The Hall–Kier alpha value is -1.71. The minimum absolute atomic E-state index is 0.375. The third kappa shape index (κ3) is 3.69. The molecule has 1 N–H and O–H groups in total. The molecule has 1 saturated heterocycles. The maximum atomic E-state index is 10.4. The molecule has 0 unspecified atom stereocenters. The number of hydrogen-bond donors (Lipinski definition) is 1. The molecule has 0 aliphatic carbocycles. The zero-order valence-corrected chi connectivity index (χ0v) is 12.2. The molecule has 0 radical (unpaired) electrons. The van der Waals surface area contributed by atoms with Gasteiger partial charge in [0.15, 0.2) is 0 Å². The van der Waals surface area contributed by atoms with Crippen molar-refractivity contribution in [3.63, 3.8) is 0 Å². The van der Waals surface area contributed by atoms with Gasteiger partial charge in [0.1, 0.15) is 0 Å². The first-order valence-electron chi connectivity index (χ1n) is 7.70. The first kappa shape index (κ1) is 14.2. The SMILES string of the molecule is O[C@H](C[C@H]1CCCN1Cc1ccccn1)c1ccccc1. The summed E-state index contributed by atoms with van der Waals surface area (Å²) in [5.41, 5.74) is 2.13. The highest BCUT2D eigenvalue weighted by Gasteiger charge is 2.27. The molecule has 3 nitrogen and oxygen atoms in total. The number of hydrogen-bond acceptors (Lipinski definition) is 3. The van der Waals surface area contributed by atoms with E-state index in [0.717, 1.165) is 37.2 Å². The van der Waals surface area contributed by atoms with E-state index in [1.54, 1.807) is 0 Å². The predicted molar refractivity (Wildman–Crippen MR) is 83.7 cm³/mol. The molecule has 0 amide bonds. The van der Waals surface area contributed by atoms with Crippen molar-refractivity contribution in [2.45, 2.75) is 38.0 Å². The molecule has 110 valence electrons. The second-order valence-electron chi connectivity index (χ2n) is 5.75. The summed E-state index contributed by atoms with van der Waals surface area (Å²) in [4.78, 5) is 6.86. The maximum Gasteiger partial charge on any atom is 0.0805 e. The number of likely N-dealkylation sites (tertiary alicyclic amines) is 1. The van der Waals surface area contributed by atoms with Crippen LogP contribution in [-0.4, -0.2) is 27.6 Å². The Labute approximate surface area is 126 Å². The van der Waals surface area contributed by atoms with Crippen LogP contribution in [0.1, 0.15) is 36.6 Å². The highest BCUT2D eigenvalue weighted by molar-refractivity contribution is 5.17. The van der Waals surface area contributed by atoms with Crippen molar-refractivity contribution in [3.8, 4) is 0 Å². The average Bonchev–Trinajstić information content (AvgIpc) is 2.96. The van der Waals surface area contributed by atoms with E-state index in [1.807, 2.05) is 48.7 Å². The van der Waals surface area contributed by atoms with Crippen LogP contribution in [0.15, 0.2) is 54.7 Å². The van der Waals surface area contributed by atoms with Crippen molar-refractivity contribution < 1.29 is 5.11 Å². The van der Waals surface area contributed by atoms with Crippen LogP contribution >= 0.6 is 0 Å². The average molecular weight is 282 g/mol. The zero-order chi connectivity index (χ0) is 14.5. The quantitative estimate of drug-likeness (QED) is 0.915. The van der Waals surface area contributed by atoms with E-state index in [-0.39, 0.29) is 6.10 Å². The molecule has 2 atom stereocenters. The fraction of sp³-hybridized carbons (Fsp3) is 0.389. The van der Waals surface area contributed by atoms with Crippen LogP contribution in [0.2, 0.25) is 0 Å². The van der Waals surface area contributed by atoms with Gasteiger partial charge in [-0.15, -0.1) is 0 Å². The number of aromatic nitrogens is 1. The van der Waals surface area contributed by atoms with E-state index in [1.165, 1.54) is 6.42 Å². The second-order valence-corrected chi connectivity index (χ2v) is 5.75. The summed E-state index contributed by atoms with van der Waals surface area (Å²) in [5, 5.41) is 10.4. The van der Waals surface area contributed by atoms with Crippen LogP contribution < -0.4 is 0 Å². The van der Waals surface area contributed by atoms with E-state index in [0.29, 0.717) is 6.04 Å². The molecule has 3 rings (SSSR count). The van der Waals surface area contributed by atoms with Crippen molar-refractivity contribution in [1.29, 1.82) is 0 Å². The molecule has 3 heteroatoms. The molecule has 2 heterocycles. The lowest BCUT2D eigenvalue weighted by Crippen LogP contribution is -2.30. The van der Waals surface area contributed by atoms with Crippen LogP contribution in [0, 0.1) is 0 Å². The Morgan fingerprint density at radius 3 is 2.71 bits per heavy atom. The minimum atomic E-state index is -0.375. The summed E-state index contributed by atoms with van der Waals surface area (Å²) < 4.78 is 0. The first-order chi connectivity index (χ1) is 10.3. The molecule has 0 bridgehead atoms. The molecule has 1 aliphatic rings. The monoisotopic (exact) mass is 282 g/mol. The van der Waals surface area contributed by atoms with Crippen LogP contribution in [-0.2, 0) is 6.54 Å². The Kier molecular flexibility index (Phi) is 4.63. The third-order valence-electron chi connectivity index (χ3n) is 4.27. The maximum absolute atomic E-state index is 10.4. The van der Waals surface area contributed by atoms with Crippen LogP contribution in [0.25, 0.3) is 0 Å². The lowest BCUT2D eigenvalue weighted by molar-refractivity contribution is 0.117. The summed E-state index contributed by atoms with van der Waals surface area (Å²) in [7, 11) is 0. The number of benzene rings is 1. The van der Waals surface area contributed by atoms with Gasteiger partial charge in [0.25, 0.3) is 0 Å². The summed E-state index contributed by atoms with van der Waals surface area (Å²) in [6, 6.07) is 16.5. The zero-order valence-electron chi connectivity index (χ0n) is 12.2. The molecule has 2 aromatic rings. The lowest BCUT2D eigenvalue weighted by Gasteiger charge is -2.26. The molecule has 1 aromatic carbocycles. The largest absolute Gasteiger partial charge is 0.388 e. The van der Waals surface area contributed by atoms with E-state index in [9.17, 15) is 5.11 Å². The van der Waals surface area contributed by atoms with Crippen molar-refractivity contribution in [2.24, 2.45) is 0 Å². The van der Waals surface area contributed by atoms with Crippen molar-refractivity contribution in [3.05, 3.63) is 66.0 Å². The second kappa shape index (κ2) is 6.83. The smallest absolute Gasteiger partial charge is 0.0805 e. The van der Waals surface area contributed by atoms with Gasteiger partial charge in [0, 0.05) is 18.8 Å². The normalized spacial score (nSPS) is 20.5. The highest BCUT2D eigenvalue weighted by Crippen LogP contribution is 2.28. The fourth-order valence-corrected chi connectivity index (χ4v) is 3.14. The third-order valence-corrected chi connectivity index (χ3v) is 4.27. The molecule has 1 aliphatic heterocycles. The fourth-order valence-electron chi connectivity index (χ4n) is 3.14. The molecule has 1 aromatic heterocycles. The Balaban J connectivity index is 1.62. The van der Waals surface area contributed by atoms with Gasteiger partial charge in [-0.3, -0.25) is 9.88 Å². The summed E-state index contributed by atoms with van der Waals surface area (Å²) >= 11 is 0. The standard InChI is InChI=1S/C18H22N2O/c21-18(15-7-2-1-3-8-15)13-17-10-6-12-20(17)14-16-9-4-5-11-19-16/h1-5,7-9,11,17-18,21H,6,10,12-14H2/t17-,18-/m1/s1. The topological polar surface area (TPSA) is 36.4 Å². The molecule has 21 heavy (non-hydrogen) atoms. The van der Waals surface area contributed by atoms with Crippen LogP contribution in [0.5, 0.6) is 0 Å². The van der Waals surface area contributed by atoms with Gasteiger partial charge in [-0.05, 0) is 43.5 Å². The number of rotatable bonds is 5. The van der Waals surface area contributed by atoms with Gasteiger partial charge >= 0.3 is 0 Å². The van der Waals surface area contributed by atoms with Gasteiger partial charge in [0.05, 0.1) is 11.8 Å². The molecular weight excluding hydrogens is 260 g/mol. The molecule has 0 saturated carbocycles. The summed E-state index contributed by atoms with van der Waals surface area (Å²) in [6.07, 6.45) is 4.65. The van der Waals surface area contributed by atoms with Crippen molar-refractivity contribution in [1.82, 2.24) is 9.88 Å². The molecule has 1 fully saturated rings. The van der Waals surface area contributed by atoms with Gasteiger partial charge in [-0.1, -0.05) is 36.4 Å². The Morgan fingerprint density at radius 2 is 1.95 bits per heavy atom. The molecular formula is C18H22N2O. The van der Waals surface area contributed by atoms with Crippen molar-refractivity contribution >= 4 is 0 Å². The van der Waals surface area contributed by atoms with E-state index in [4.69, 9.17) is 0 Å². The van der Waals surface area contributed by atoms with Gasteiger partial charge < -0.3 is 5.11 Å². The number of pyridine rings is 1. The number of aliphatic hydroxyl groups excluding tert-OH is 1. The minimum Gasteiger partial charge on any atom is -0.388 e. The predicted octanol–water partition coefficient (Wildman–Crippen LogP) is 3.17. The van der Waals surface area contributed by atoms with Crippen LogP contribution in [0.4, 0.5) is 0 Å². The number of aliphatic hydroxyl groups is 1. The first-order valence-corrected chi connectivity index (χ1v) is 7.70. The lowest BCUT2D eigenvalue weighted by atomic mass is 10.0. The number of nitrogens with zero attached hydrogens (tertiary/aromatic N) is 2. The summed E-state index contributed by atoms with van der Waals surface area (Å²) in [6.45, 7) is 1.98. The van der Waals surface area contributed by atoms with E-state index < -0.39 is 0 Å².